The van der Waals surface area contributed by atoms with Gasteiger partial charge in [-0.05, 0) is 37.3 Å². The van der Waals surface area contributed by atoms with Gasteiger partial charge in [0.1, 0.15) is 5.75 Å². The van der Waals surface area contributed by atoms with E-state index in [0.717, 1.165) is 0 Å². The van der Waals surface area contributed by atoms with Crippen LogP contribution in [0.1, 0.15) is 21.6 Å². The number of ether oxygens (including phenoxy) is 1. The van der Waals surface area contributed by atoms with E-state index >= 15 is 0 Å². The molecule has 0 aliphatic heterocycles. The van der Waals surface area contributed by atoms with Crippen LogP contribution in [0.5, 0.6) is 11.6 Å². The Morgan fingerprint density at radius 3 is 2.58 bits per heavy atom. The molecule has 0 unspecified atom stereocenters. The lowest BCUT2D eigenvalue weighted by molar-refractivity contribution is 0.100. The summed E-state index contributed by atoms with van der Waals surface area (Å²) in [6.07, 6.45) is 0. The van der Waals surface area contributed by atoms with Gasteiger partial charge in [-0.2, -0.15) is 5.26 Å². The number of hydrogen-bond acceptors (Lipinski definition) is 4. The molecule has 94 valence electrons. The average molecular weight is 253 g/mol. The Balaban J connectivity index is 2.24. The maximum Gasteiger partial charge on any atom is 0.248 e. The number of rotatable bonds is 3. The molecule has 0 aliphatic rings. The lowest BCUT2D eigenvalue weighted by atomic mass is 10.2. The molecule has 0 spiro atoms. The van der Waals surface area contributed by atoms with Crippen molar-refractivity contribution in [2.24, 2.45) is 5.73 Å². The third-order valence-electron chi connectivity index (χ3n) is 2.42. The minimum absolute atomic E-state index is 0.336. The average Bonchev–Trinajstić information content (AvgIpc) is 2.38. The van der Waals surface area contributed by atoms with E-state index in [1.54, 1.807) is 43.3 Å². The van der Waals surface area contributed by atoms with Crippen molar-refractivity contribution < 1.29 is 9.53 Å². The zero-order chi connectivity index (χ0) is 13.8. The van der Waals surface area contributed by atoms with Gasteiger partial charge >= 0.3 is 0 Å². The first-order valence-corrected chi connectivity index (χ1v) is 5.55. The van der Waals surface area contributed by atoms with Gasteiger partial charge in [0.25, 0.3) is 0 Å². The molecular formula is C14H11N3O2. The third-order valence-corrected chi connectivity index (χ3v) is 2.42. The minimum atomic E-state index is -0.494. The number of carbonyl (C=O) groups excluding carboxylic acids is 1. The zero-order valence-electron chi connectivity index (χ0n) is 10.3. The number of carbonyl (C=O) groups is 1. The Kier molecular flexibility index (Phi) is 3.44. The van der Waals surface area contributed by atoms with Gasteiger partial charge in [0.15, 0.2) is 0 Å². The topological polar surface area (TPSA) is 89.0 Å². The fourth-order valence-electron chi connectivity index (χ4n) is 1.56. The van der Waals surface area contributed by atoms with E-state index in [4.69, 9.17) is 15.7 Å². The lowest BCUT2D eigenvalue weighted by Gasteiger charge is -2.06. The van der Waals surface area contributed by atoms with Crippen LogP contribution in [0.2, 0.25) is 0 Å². The number of aryl methyl sites for hydroxylation is 1. The normalized spacial score (nSPS) is 9.68. The van der Waals surface area contributed by atoms with Gasteiger partial charge in [-0.1, -0.05) is 0 Å². The minimum Gasteiger partial charge on any atom is -0.439 e. The van der Waals surface area contributed by atoms with E-state index in [1.165, 1.54) is 0 Å². The number of hydrogen-bond donors (Lipinski definition) is 1. The molecule has 2 N–H and O–H groups in total. The molecule has 1 aromatic carbocycles. The second-order valence-corrected chi connectivity index (χ2v) is 3.94. The molecule has 1 amide bonds. The van der Waals surface area contributed by atoms with Crippen molar-refractivity contribution in [3.8, 4) is 17.7 Å². The first-order valence-electron chi connectivity index (χ1n) is 5.55. The summed E-state index contributed by atoms with van der Waals surface area (Å²) < 4.78 is 5.52. The second-order valence-electron chi connectivity index (χ2n) is 3.94. The number of aromatic nitrogens is 1. The molecule has 0 radical (unpaired) electrons. The van der Waals surface area contributed by atoms with Gasteiger partial charge in [-0.3, -0.25) is 4.79 Å². The van der Waals surface area contributed by atoms with E-state index in [1.807, 2.05) is 6.07 Å². The highest BCUT2D eigenvalue weighted by Crippen LogP contribution is 2.21. The zero-order valence-corrected chi connectivity index (χ0v) is 10.3. The van der Waals surface area contributed by atoms with Crippen LogP contribution in [0.15, 0.2) is 36.4 Å². The van der Waals surface area contributed by atoms with Gasteiger partial charge in [0.2, 0.25) is 11.8 Å². The second kappa shape index (κ2) is 5.19. The monoisotopic (exact) mass is 253 g/mol. The van der Waals surface area contributed by atoms with Crippen LogP contribution in [0.3, 0.4) is 0 Å². The summed E-state index contributed by atoms with van der Waals surface area (Å²) in [6, 6.07) is 11.6. The van der Waals surface area contributed by atoms with Gasteiger partial charge in [0, 0.05) is 17.3 Å². The fraction of sp³-hybridized carbons (Fsp3) is 0.0714. The van der Waals surface area contributed by atoms with E-state index in [0.29, 0.717) is 28.5 Å². The van der Waals surface area contributed by atoms with Crippen molar-refractivity contribution in [2.75, 3.05) is 0 Å². The Morgan fingerprint density at radius 2 is 2.00 bits per heavy atom. The molecule has 1 aromatic heterocycles. The maximum absolute atomic E-state index is 10.9. The molecule has 0 bridgehead atoms. The summed E-state index contributed by atoms with van der Waals surface area (Å²) >= 11 is 0. The van der Waals surface area contributed by atoms with Gasteiger partial charge < -0.3 is 10.5 Å². The van der Waals surface area contributed by atoms with Crippen LogP contribution in [-0.2, 0) is 0 Å². The molecule has 0 fully saturated rings. The molecular weight excluding hydrogens is 242 g/mol. The Hall–Kier alpha value is -2.87. The van der Waals surface area contributed by atoms with Crippen LogP contribution in [0.4, 0.5) is 0 Å². The molecule has 5 nitrogen and oxygen atoms in total. The first-order chi connectivity index (χ1) is 9.08. The quantitative estimate of drug-likeness (QED) is 0.907. The summed E-state index contributed by atoms with van der Waals surface area (Å²) in [6.45, 7) is 1.78. The Morgan fingerprint density at radius 1 is 1.32 bits per heavy atom. The molecule has 0 aliphatic carbocycles. The van der Waals surface area contributed by atoms with Gasteiger partial charge in [-0.25, -0.2) is 4.98 Å². The SMILES string of the molecule is Cc1cc(C#N)cc(Oc2ccc(C(N)=O)cc2)n1. The predicted octanol–water partition coefficient (Wildman–Crippen LogP) is 2.15. The van der Waals surface area contributed by atoms with E-state index in [-0.39, 0.29) is 0 Å². The fourth-order valence-corrected chi connectivity index (χ4v) is 1.56. The van der Waals surface area contributed by atoms with Crippen molar-refractivity contribution in [3.05, 3.63) is 53.2 Å². The Bertz CT molecular complexity index is 657. The van der Waals surface area contributed by atoms with E-state index < -0.39 is 5.91 Å². The number of primary amides is 1. The van der Waals surface area contributed by atoms with Crippen molar-refractivity contribution in [2.45, 2.75) is 6.92 Å². The maximum atomic E-state index is 10.9. The summed E-state index contributed by atoms with van der Waals surface area (Å²) in [4.78, 5) is 15.1. The molecule has 2 rings (SSSR count). The molecule has 0 atom stereocenters. The molecule has 5 heteroatoms. The number of nitrogens with two attached hydrogens (primary N) is 1. The van der Waals surface area contributed by atoms with Crippen LogP contribution >= 0.6 is 0 Å². The molecule has 19 heavy (non-hydrogen) atoms. The number of amides is 1. The third kappa shape index (κ3) is 3.07. The predicted molar refractivity (Wildman–Crippen MR) is 68.7 cm³/mol. The lowest BCUT2D eigenvalue weighted by Crippen LogP contribution is -2.10. The van der Waals surface area contributed by atoms with E-state index in [2.05, 4.69) is 4.98 Å². The highest BCUT2D eigenvalue weighted by atomic mass is 16.5. The highest BCUT2D eigenvalue weighted by Gasteiger charge is 2.04. The Labute approximate surface area is 110 Å². The largest absolute Gasteiger partial charge is 0.439 e. The number of nitriles is 1. The van der Waals surface area contributed by atoms with Crippen molar-refractivity contribution in [1.82, 2.24) is 4.98 Å². The number of nitrogens with zero attached hydrogens (tertiary/aromatic N) is 2. The number of benzene rings is 1. The molecule has 0 saturated carbocycles. The summed E-state index contributed by atoms with van der Waals surface area (Å²) in [5.74, 6) is 0.363. The number of pyridine rings is 1. The summed E-state index contributed by atoms with van der Waals surface area (Å²) in [7, 11) is 0. The standard InChI is InChI=1S/C14H11N3O2/c1-9-6-10(8-15)7-13(17-9)19-12-4-2-11(3-5-12)14(16)18/h2-7H,1H3,(H2,16,18). The summed E-state index contributed by atoms with van der Waals surface area (Å²) in [5, 5.41) is 8.87. The molecule has 0 saturated heterocycles. The van der Waals surface area contributed by atoms with Crippen molar-refractivity contribution in [3.63, 3.8) is 0 Å². The molecule has 1 heterocycles. The van der Waals surface area contributed by atoms with Crippen LogP contribution < -0.4 is 10.5 Å². The van der Waals surface area contributed by atoms with E-state index in [9.17, 15) is 4.79 Å². The highest BCUT2D eigenvalue weighted by molar-refractivity contribution is 5.92. The van der Waals surface area contributed by atoms with Gasteiger partial charge in [0.05, 0.1) is 11.6 Å². The van der Waals surface area contributed by atoms with Crippen molar-refractivity contribution in [1.29, 1.82) is 5.26 Å². The van der Waals surface area contributed by atoms with Crippen LogP contribution in [0.25, 0.3) is 0 Å². The van der Waals surface area contributed by atoms with Crippen LogP contribution in [0, 0.1) is 18.3 Å². The summed E-state index contributed by atoms with van der Waals surface area (Å²) in [5.41, 5.74) is 6.73. The smallest absolute Gasteiger partial charge is 0.248 e. The van der Waals surface area contributed by atoms with Crippen molar-refractivity contribution >= 4 is 5.91 Å². The molecule has 2 aromatic rings. The first kappa shape index (κ1) is 12.6. The van der Waals surface area contributed by atoms with Gasteiger partial charge in [-0.15, -0.1) is 0 Å². The van der Waals surface area contributed by atoms with Crippen LogP contribution in [-0.4, -0.2) is 10.9 Å².